The van der Waals surface area contributed by atoms with Gasteiger partial charge >= 0.3 is 0 Å². The summed E-state index contributed by atoms with van der Waals surface area (Å²) in [7, 11) is 0. The van der Waals surface area contributed by atoms with Crippen LogP contribution in [0.15, 0.2) is 17.4 Å². The number of pyridine rings is 1. The molecule has 17 heavy (non-hydrogen) atoms. The standard InChI is InChI=1S/C10H8Cl2N4S/c11-7-5-8(12)9-14-15-10(16(9)6-7)17-4-2-1-3-13/h5-6H,1-2,4H2. The average molecular weight is 287 g/mol. The van der Waals surface area contributed by atoms with Gasteiger partial charge in [-0.15, -0.1) is 10.2 Å². The molecule has 0 aliphatic carbocycles. The van der Waals surface area contributed by atoms with Gasteiger partial charge < -0.3 is 0 Å². The van der Waals surface area contributed by atoms with Gasteiger partial charge in [-0.05, 0) is 12.5 Å². The van der Waals surface area contributed by atoms with Crippen LogP contribution in [0.3, 0.4) is 0 Å². The highest BCUT2D eigenvalue weighted by Crippen LogP contribution is 2.25. The lowest BCUT2D eigenvalue weighted by Gasteiger charge is -2.00. The molecule has 4 nitrogen and oxygen atoms in total. The maximum absolute atomic E-state index is 8.44. The second kappa shape index (κ2) is 5.58. The van der Waals surface area contributed by atoms with Gasteiger partial charge in [-0.3, -0.25) is 4.40 Å². The molecule has 0 atom stereocenters. The molecule has 7 heteroatoms. The van der Waals surface area contributed by atoms with E-state index in [2.05, 4.69) is 16.3 Å². The van der Waals surface area contributed by atoms with E-state index in [0.29, 0.717) is 22.1 Å². The zero-order valence-corrected chi connectivity index (χ0v) is 11.1. The molecule has 0 radical (unpaired) electrons. The van der Waals surface area contributed by atoms with Gasteiger partial charge in [0.25, 0.3) is 0 Å². The van der Waals surface area contributed by atoms with Crippen molar-refractivity contribution >= 4 is 40.6 Å². The number of hydrogen-bond donors (Lipinski definition) is 0. The minimum atomic E-state index is 0.480. The molecule has 88 valence electrons. The molecular weight excluding hydrogens is 279 g/mol. The highest BCUT2D eigenvalue weighted by atomic mass is 35.5. The Kier molecular flexibility index (Phi) is 4.11. The third kappa shape index (κ3) is 2.83. The fraction of sp³-hybridized carbons (Fsp3) is 0.300. The molecule has 0 aliphatic heterocycles. The molecule has 2 aromatic rings. The maximum Gasteiger partial charge on any atom is 0.195 e. The van der Waals surface area contributed by atoms with Gasteiger partial charge in [0.15, 0.2) is 10.8 Å². The van der Waals surface area contributed by atoms with Crippen molar-refractivity contribution in [3.05, 3.63) is 22.3 Å². The van der Waals surface area contributed by atoms with E-state index < -0.39 is 0 Å². The van der Waals surface area contributed by atoms with E-state index in [1.807, 2.05) is 0 Å². The molecule has 0 spiro atoms. The third-order valence-electron chi connectivity index (χ3n) is 2.06. The Morgan fingerprint density at radius 1 is 1.41 bits per heavy atom. The van der Waals surface area contributed by atoms with Crippen LogP contribution in [-0.4, -0.2) is 20.4 Å². The summed E-state index contributed by atoms with van der Waals surface area (Å²) in [6, 6.07) is 3.74. The Labute approximate surface area is 113 Å². The first-order valence-corrected chi connectivity index (χ1v) is 6.66. The lowest BCUT2D eigenvalue weighted by atomic mass is 10.4. The van der Waals surface area contributed by atoms with E-state index in [9.17, 15) is 0 Å². The second-order valence-electron chi connectivity index (χ2n) is 3.29. The van der Waals surface area contributed by atoms with Gasteiger partial charge in [0.05, 0.1) is 16.1 Å². The number of nitrogens with zero attached hydrogens (tertiary/aromatic N) is 4. The first-order valence-electron chi connectivity index (χ1n) is 4.92. The van der Waals surface area contributed by atoms with Crippen LogP contribution in [0.25, 0.3) is 5.65 Å². The number of unbranched alkanes of at least 4 members (excludes halogenated alkanes) is 1. The van der Waals surface area contributed by atoms with E-state index >= 15 is 0 Å². The van der Waals surface area contributed by atoms with Crippen LogP contribution in [0.1, 0.15) is 12.8 Å². The number of thioether (sulfide) groups is 1. The number of aromatic nitrogens is 3. The molecule has 0 fully saturated rings. The molecule has 2 aromatic heterocycles. The van der Waals surface area contributed by atoms with Gasteiger partial charge in [0.2, 0.25) is 0 Å². The Bertz CT molecular complexity index is 575. The van der Waals surface area contributed by atoms with E-state index in [1.54, 1.807) is 16.7 Å². The van der Waals surface area contributed by atoms with Crippen molar-refractivity contribution in [1.29, 1.82) is 5.26 Å². The van der Waals surface area contributed by atoms with Crippen molar-refractivity contribution in [3.63, 3.8) is 0 Å². The van der Waals surface area contributed by atoms with Gasteiger partial charge in [-0.25, -0.2) is 0 Å². The lowest BCUT2D eigenvalue weighted by molar-refractivity contribution is 0.911. The lowest BCUT2D eigenvalue weighted by Crippen LogP contribution is -1.89. The summed E-state index contributed by atoms with van der Waals surface area (Å²) in [5, 5.41) is 18.2. The highest BCUT2D eigenvalue weighted by molar-refractivity contribution is 7.99. The van der Waals surface area contributed by atoms with E-state index in [1.165, 1.54) is 11.8 Å². The Morgan fingerprint density at radius 3 is 3.00 bits per heavy atom. The fourth-order valence-electron chi connectivity index (χ4n) is 1.32. The smallest absolute Gasteiger partial charge is 0.195 e. The van der Waals surface area contributed by atoms with Crippen LogP contribution >= 0.6 is 35.0 Å². The summed E-state index contributed by atoms with van der Waals surface area (Å²) in [5.74, 6) is 0.818. The summed E-state index contributed by atoms with van der Waals surface area (Å²) in [6.07, 6.45) is 3.10. The highest BCUT2D eigenvalue weighted by Gasteiger charge is 2.09. The van der Waals surface area contributed by atoms with E-state index in [-0.39, 0.29) is 0 Å². The SMILES string of the molecule is N#CCCCSc1nnc2c(Cl)cc(Cl)cn12. The first-order chi connectivity index (χ1) is 8.22. The molecule has 0 amide bonds. The zero-order valence-electron chi connectivity index (χ0n) is 8.73. The van der Waals surface area contributed by atoms with Crippen LogP contribution in [-0.2, 0) is 0 Å². The van der Waals surface area contributed by atoms with Crippen molar-refractivity contribution in [2.24, 2.45) is 0 Å². The van der Waals surface area contributed by atoms with Crippen LogP contribution in [0.5, 0.6) is 0 Å². The summed E-state index contributed by atoms with van der Waals surface area (Å²) in [6.45, 7) is 0. The van der Waals surface area contributed by atoms with Gasteiger partial charge in [0, 0.05) is 18.4 Å². The Balaban J connectivity index is 2.21. The van der Waals surface area contributed by atoms with Gasteiger partial charge in [-0.1, -0.05) is 35.0 Å². The topological polar surface area (TPSA) is 54.0 Å². The number of nitriles is 1. The average Bonchev–Trinajstić information content (AvgIpc) is 2.68. The monoisotopic (exact) mass is 286 g/mol. The number of halogens is 2. The fourth-order valence-corrected chi connectivity index (χ4v) is 2.67. The minimum absolute atomic E-state index is 0.480. The van der Waals surface area contributed by atoms with E-state index in [4.69, 9.17) is 28.5 Å². The molecule has 0 N–H and O–H groups in total. The van der Waals surface area contributed by atoms with Crippen molar-refractivity contribution < 1.29 is 0 Å². The second-order valence-corrected chi connectivity index (χ2v) is 5.20. The van der Waals surface area contributed by atoms with E-state index in [0.717, 1.165) is 17.3 Å². The summed E-state index contributed by atoms with van der Waals surface area (Å²) >= 11 is 13.5. The Morgan fingerprint density at radius 2 is 2.24 bits per heavy atom. The number of rotatable bonds is 4. The molecule has 0 aromatic carbocycles. The van der Waals surface area contributed by atoms with Crippen molar-refractivity contribution in [1.82, 2.24) is 14.6 Å². The predicted octanol–water partition coefficient (Wildman–Crippen LogP) is 3.43. The summed E-state index contributed by atoms with van der Waals surface area (Å²) in [4.78, 5) is 0. The van der Waals surface area contributed by atoms with Crippen molar-refractivity contribution in [3.8, 4) is 6.07 Å². The van der Waals surface area contributed by atoms with Crippen molar-refractivity contribution in [2.45, 2.75) is 18.0 Å². The summed E-state index contributed by atoms with van der Waals surface area (Å²) in [5.41, 5.74) is 0.596. The molecule has 0 saturated carbocycles. The van der Waals surface area contributed by atoms with Gasteiger partial charge in [-0.2, -0.15) is 5.26 Å². The van der Waals surface area contributed by atoms with Crippen molar-refractivity contribution in [2.75, 3.05) is 5.75 Å². The predicted molar refractivity (Wildman–Crippen MR) is 68.6 cm³/mol. The molecule has 0 saturated heterocycles. The quantitative estimate of drug-likeness (QED) is 0.638. The largest absolute Gasteiger partial charge is 0.275 e. The number of fused-ring (bicyclic) bond motifs is 1. The summed E-state index contributed by atoms with van der Waals surface area (Å²) < 4.78 is 1.77. The molecular formula is C10H8Cl2N4S. The minimum Gasteiger partial charge on any atom is -0.275 e. The van der Waals surface area contributed by atoms with Crippen LogP contribution in [0.2, 0.25) is 10.0 Å². The molecule has 0 aliphatic rings. The Hall–Kier alpha value is -0.960. The number of hydrogen-bond acceptors (Lipinski definition) is 4. The van der Waals surface area contributed by atoms with Gasteiger partial charge in [0.1, 0.15) is 0 Å². The van der Waals surface area contributed by atoms with Crippen LogP contribution in [0.4, 0.5) is 0 Å². The molecule has 0 bridgehead atoms. The normalized spacial score (nSPS) is 10.6. The molecule has 2 rings (SSSR count). The first kappa shape index (κ1) is 12.5. The maximum atomic E-state index is 8.44. The zero-order chi connectivity index (χ0) is 12.3. The van der Waals surface area contributed by atoms with Crippen LogP contribution in [0, 0.1) is 11.3 Å². The molecule has 0 unspecified atom stereocenters. The third-order valence-corrected chi connectivity index (χ3v) is 3.57. The van der Waals surface area contributed by atoms with Crippen LogP contribution < -0.4 is 0 Å². The molecule has 2 heterocycles.